The molecule has 5 nitrogen and oxygen atoms in total. The molecule has 0 saturated carbocycles. The first-order chi connectivity index (χ1) is 12.1. The van der Waals surface area contributed by atoms with E-state index in [4.69, 9.17) is 0 Å². The van der Waals surface area contributed by atoms with Crippen molar-refractivity contribution in [3.05, 3.63) is 83.4 Å². The van der Waals surface area contributed by atoms with Gasteiger partial charge in [0.05, 0.1) is 17.8 Å². The van der Waals surface area contributed by atoms with Crippen molar-refractivity contribution in [3.8, 4) is 5.69 Å². The SMILES string of the molecule is O=C(Nc1ccc2c(c1)C(=O)NCc1cccn1-2)c1ccc(F)cc1. The van der Waals surface area contributed by atoms with E-state index in [1.807, 2.05) is 22.9 Å². The van der Waals surface area contributed by atoms with E-state index >= 15 is 0 Å². The maximum Gasteiger partial charge on any atom is 0.255 e. The Morgan fingerprint density at radius 3 is 2.72 bits per heavy atom. The number of nitrogens with zero attached hydrogens (tertiary/aromatic N) is 1. The Morgan fingerprint density at radius 2 is 1.92 bits per heavy atom. The van der Waals surface area contributed by atoms with Crippen LogP contribution in [0.15, 0.2) is 60.8 Å². The Morgan fingerprint density at radius 1 is 1.12 bits per heavy atom. The second-order valence-electron chi connectivity index (χ2n) is 5.75. The predicted octanol–water partition coefficient (Wildman–Crippen LogP) is 3.11. The predicted molar refractivity (Wildman–Crippen MR) is 91.3 cm³/mol. The van der Waals surface area contributed by atoms with Crippen molar-refractivity contribution < 1.29 is 14.0 Å². The zero-order valence-electron chi connectivity index (χ0n) is 13.1. The van der Waals surface area contributed by atoms with Gasteiger partial charge in [-0.3, -0.25) is 9.59 Å². The topological polar surface area (TPSA) is 63.1 Å². The summed E-state index contributed by atoms with van der Waals surface area (Å²) < 4.78 is 14.9. The molecule has 25 heavy (non-hydrogen) atoms. The first-order valence-electron chi connectivity index (χ1n) is 7.77. The number of carbonyl (C=O) groups is 2. The molecule has 0 atom stereocenters. The van der Waals surface area contributed by atoms with Crippen LogP contribution in [0.2, 0.25) is 0 Å². The number of carbonyl (C=O) groups excluding carboxylic acids is 2. The lowest BCUT2D eigenvalue weighted by molar-refractivity contribution is 0.0951. The molecule has 0 radical (unpaired) electrons. The summed E-state index contributed by atoms with van der Waals surface area (Å²) in [5.41, 5.74) is 3.06. The van der Waals surface area contributed by atoms with Gasteiger partial charge >= 0.3 is 0 Å². The highest BCUT2D eigenvalue weighted by atomic mass is 19.1. The minimum absolute atomic E-state index is 0.198. The van der Waals surface area contributed by atoms with Crippen molar-refractivity contribution in [1.29, 1.82) is 0 Å². The maximum absolute atomic E-state index is 13.0. The highest BCUT2D eigenvalue weighted by molar-refractivity contribution is 6.05. The standard InChI is InChI=1S/C19H14FN3O2/c20-13-5-3-12(4-6-13)18(24)22-14-7-8-17-16(10-14)19(25)21-11-15-2-1-9-23(15)17/h1-10H,11H2,(H,21,25)(H,22,24). The van der Waals surface area contributed by atoms with Crippen LogP contribution >= 0.6 is 0 Å². The molecule has 0 fully saturated rings. The van der Waals surface area contributed by atoms with Gasteiger partial charge in [0.2, 0.25) is 0 Å². The van der Waals surface area contributed by atoms with E-state index in [2.05, 4.69) is 10.6 Å². The molecule has 1 aliphatic heterocycles. The molecule has 0 bridgehead atoms. The minimum atomic E-state index is -0.402. The maximum atomic E-state index is 13.0. The highest BCUT2D eigenvalue weighted by Crippen LogP contribution is 2.24. The Bertz CT molecular complexity index is 977. The van der Waals surface area contributed by atoms with E-state index in [-0.39, 0.29) is 11.8 Å². The van der Waals surface area contributed by atoms with E-state index in [0.717, 1.165) is 11.4 Å². The van der Waals surface area contributed by atoms with Crippen molar-refractivity contribution >= 4 is 17.5 Å². The number of aromatic nitrogens is 1. The molecule has 2 heterocycles. The number of halogens is 1. The van der Waals surface area contributed by atoms with Gasteiger partial charge in [-0.15, -0.1) is 0 Å². The number of hydrogen-bond donors (Lipinski definition) is 2. The van der Waals surface area contributed by atoms with E-state index < -0.39 is 5.82 Å². The smallest absolute Gasteiger partial charge is 0.255 e. The lowest BCUT2D eigenvalue weighted by atomic mass is 10.1. The van der Waals surface area contributed by atoms with Gasteiger partial charge in [-0.25, -0.2) is 4.39 Å². The second kappa shape index (κ2) is 5.90. The quantitative estimate of drug-likeness (QED) is 0.756. The summed E-state index contributed by atoms with van der Waals surface area (Å²) in [7, 11) is 0. The summed E-state index contributed by atoms with van der Waals surface area (Å²) in [4.78, 5) is 24.6. The molecule has 6 heteroatoms. The lowest BCUT2D eigenvalue weighted by Crippen LogP contribution is -2.21. The molecule has 0 aliphatic carbocycles. The van der Waals surface area contributed by atoms with Gasteiger partial charge in [0.1, 0.15) is 5.82 Å². The minimum Gasteiger partial charge on any atom is -0.346 e. The van der Waals surface area contributed by atoms with Gasteiger partial charge < -0.3 is 15.2 Å². The van der Waals surface area contributed by atoms with Crippen LogP contribution in [-0.2, 0) is 6.54 Å². The molecule has 2 aromatic carbocycles. The molecule has 1 aliphatic rings. The molecule has 0 spiro atoms. The fraction of sp³-hybridized carbons (Fsp3) is 0.0526. The van der Waals surface area contributed by atoms with Crippen molar-refractivity contribution in [3.63, 3.8) is 0 Å². The Balaban J connectivity index is 1.66. The van der Waals surface area contributed by atoms with Crippen molar-refractivity contribution in [2.45, 2.75) is 6.54 Å². The van der Waals surface area contributed by atoms with E-state index in [1.54, 1.807) is 18.2 Å². The summed E-state index contributed by atoms with van der Waals surface area (Å²) in [6, 6.07) is 14.3. The zero-order valence-corrected chi connectivity index (χ0v) is 13.1. The van der Waals surface area contributed by atoms with Crippen LogP contribution in [-0.4, -0.2) is 16.4 Å². The van der Waals surface area contributed by atoms with Crippen molar-refractivity contribution in [2.24, 2.45) is 0 Å². The van der Waals surface area contributed by atoms with Crippen LogP contribution in [0.3, 0.4) is 0 Å². The fourth-order valence-corrected chi connectivity index (χ4v) is 2.87. The average molecular weight is 335 g/mol. The number of nitrogens with one attached hydrogen (secondary N) is 2. The van der Waals surface area contributed by atoms with Crippen LogP contribution in [0.25, 0.3) is 5.69 Å². The van der Waals surface area contributed by atoms with Gasteiger partial charge in [0.25, 0.3) is 11.8 Å². The first kappa shape index (κ1) is 15.1. The van der Waals surface area contributed by atoms with Gasteiger partial charge in [-0.2, -0.15) is 0 Å². The van der Waals surface area contributed by atoms with Gasteiger partial charge in [-0.05, 0) is 54.6 Å². The molecular formula is C19H14FN3O2. The van der Waals surface area contributed by atoms with Crippen molar-refractivity contribution in [2.75, 3.05) is 5.32 Å². The summed E-state index contributed by atoms with van der Waals surface area (Å²) >= 11 is 0. The van der Waals surface area contributed by atoms with Crippen molar-refractivity contribution in [1.82, 2.24) is 9.88 Å². The molecular weight excluding hydrogens is 321 g/mol. The molecule has 0 unspecified atom stereocenters. The molecule has 2 amide bonds. The van der Waals surface area contributed by atoms with E-state index in [1.165, 1.54) is 24.3 Å². The number of benzene rings is 2. The molecule has 124 valence electrons. The zero-order chi connectivity index (χ0) is 17.4. The highest BCUT2D eigenvalue weighted by Gasteiger charge is 2.19. The van der Waals surface area contributed by atoms with Crippen LogP contribution in [0.5, 0.6) is 0 Å². The summed E-state index contributed by atoms with van der Waals surface area (Å²) in [5, 5.41) is 5.58. The van der Waals surface area contributed by atoms with Crippen LogP contribution in [0.4, 0.5) is 10.1 Å². The third-order valence-electron chi connectivity index (χ3n) is 4.13. The lowest BCUT2D eigenvalue weighted by Gasteiger charge is -2.11. The molecule has 2 N–H and O–H groups in total. The van der Waals surface area contributed by atoms with Gasteiger partial charge in [-0.1, -0.05) is 0 Å². The molecule has 4 rings (SSSR count). The van der Waals surface area contributed by atoms with Crippen LogP contribution < -0.4 is 10.6 Å². The molecule has 3 aromatic rings. The van der Waals surface area contributed by atoms with Gasteiger partial charge in [0.15, 0.2) is 0 Å². The second-order valence-corrected chi connectivity index (χ2v) is 5.75. The Hall–Kier alpha value is -3.41. The van der Waals surface area contributed by atoms with E-state index in [0.29, 0.717) is 23.4 Å². The number of anilines is 1. The number of fused-ring (bicyclic) bond motifs is 3. The molecule has 1 aromatic heterocycles. The molecule has 0 saturated heterocycles. The average Bonchev–Trinajstić information content (AvgIpc) is 3.04. The Labute approximate surface area is 143 Å². The summed E-state index contributed by atoms with van der Waals surface area (Å²) in [6.45, 7) is 0.442. The largest absolute Gasteiger partial charge is 0.346 e. The number of rotatable bonds is 2. The third kappa shape index (κ3) is 2.78. The normalized spacial score (nSPS) is 12.6. The third-order valence-corrected chi connectivity index (χ3v) is 4.13. The van der Waals surface area contributed by atoms with Crippen LogP contribution in [0.1, 0.15) is 26.4 Å². The van der Waals surface area contributed by atoms with E-state index in [9.17, 15) is 14.0 Å². The van der Waals surface area contributed by atoms with Crippen LogP contribution in [0, 0.1) is 5.82 Å². The fourth-order valence-electron chi connectivity index (χ4n) is 2.87. The first-order valence-corrected chi connectivity index (χ1v) is 7.77. The van der Waals surface area contributed by atoms with Gasteiger partial charge in [0, 0.05) is 23.1 Å². The summed E-state index contributed by atoms with van der Waals surface area (Å²) in [5.74, 6) is -0.965. The Kier molecular flexibility index (Phi) is 3.57. The number of amides is 2. The summed E-state index contributed by atoms with van der Waals surface area (Å²) in [6.07, 6.45) is 1.89. The monoisotopic (exact) mass is 335 g/mol. The number of hydrogen-bond acceptors (Lipinski definition) is 2.